The van der Waals surface area contributed by atoms with Crippen molar-refractivity contribution in [2.24, 2.45) is 0 Å². The first-order chi connectivity index (χ1) is 11.5. The van der Waals surface area contributed by atoms with E-state index in [1.54, 1.807) is 6.92 Å². The minimum atomic E-state index is -0.945. The van der Waals surface area contributed by atoms with E-state index in [0.717, 1.165) is 17.5 Å². The number of carbonyl (C=O) groups excluding carboxylic acids is 1. The molecule has 0 amide bonds. The van der Waals surface area contributed by atoms with Crippen LogP contribution in [0.2, 0.25) is 0 Å². The molecule has 2 heterocycles. The van der Waals surface area contributed by atoms with Gasteiger partial charge < -0.3 is 19.2 Å². The Balaban J connectivity index is 2.28. The van der Waals surface area contributed by atoms with Crippen LogP contribution < -0.4 is 5.43 Å². The molecule has 1 saturated heterocycles. The summed E-state index contributed by atoms with van der Waals surface area (Å²) >= 11 is 0. The van der Waals surface area contributed by atoms with E-state index in [-0.39, 0.29) is 17.7 Å². The van der Waals surface area contributed by atoms with Gasteiger partial charge in [-0.1, -0.05) is 6.92 Å². The summed E-state index contributed by atoms with van der Waals surface area (Å²) in [5.74, 6) is -1.50. The average Bonchev–Trinajstić information content (AvgIpc) is 3.02. The van der Waals surface area contributed by atoms with Crippen LogP contribution in [0.1, 0.15) is 42.4 Å². The maximum absolute atomic E-state index is 12.5. The molecule has 24 heavy (non-hydrogen) atoms. The second kappa shape index (κ2) is 6.37. The molecule has 0 unspecified atom stereocenters. The number of ether oxygens (including phenoxy) is 3. The lowest BCUT2D eigenvalue weighted by Crippen LogP contribution is -2.25. The minimum Gasteiger partial charge on any atom is -0.461 e. The number of aromatic amines is 1. The number of hydrogen-bond acceptors (Lipinski definition) is 5. The van der Waals surface area contributed by atoms with Gasteiger partial charge in [0.15, 0.2) is 11.2 Å². The molecule has 0 atom stereocenters. The Kier molecular flexibility index (Phi) is 4.43. The molecule has 0 bridgehead atoms. The Bertz CT molecular complexity index is 833. The number of benzene rings is 1. The number of H-pyrrole nitrogens is 1. The maximum Gasteiger partial charge on any atom is 0.354 e. The van der Waals surface area contributed by atoms with Crippen LogP contribution in [0, 0.1) is 0 Å². The van der Waals surface area contributed by atoms with E-state index >= 15 is 0 Å². The normalized spacial score (nSPS) is 16.5. The Hall–Kier alpha value is -2.18. The number of aryl methyl sites for hydroxylation is 1. The third-order valence-electron chi connectivity index (χ3n) is 4.23. The molecule has 1 N–H and O–H groups in total. The lowest BCUT2D eigenvalue weighted by molar-refractivity contribution is -0.148. The lowest BCUT2D eigenvalue weighted by atomic mass is 9.97. The molecular formula is C18H21NO5. The molecule has 6 nitrogen and oxygen atoms in total. The van der Waals surface area contributed by atoms with Crippen LogP contribution in [-0.4, -0.2) is 30.8 Å². The van der Waals surface area contributed by atoms with Gasteiger partial charge >= 0.3 is 5.97 Å². The van der Waals surface area contributed by atoms with Gasteiger partial charge in [0.1, 0.15) is 5.69 Å². The standard InChI is InChI=1S/C18H21NO5/c1-4-11-8-12-15(20)10-14(17(21)22-5-2)19-16(12)13(9-11)18(3)23-6-7-24-18/h8-10H,4-7H2,1-3H3,(H,19,20). The lowest BCUT2D eigenvalue weighted by Gasteiger charge is -2.25. The van der Waals surface area contributed by atoms with Gasteiger partial charge in [0.25, 0.3) is 0 Å². The van der Waals surface area contributed by atoms with Gasteiger partial charge in [-0.05, 0) is 38.0 Å². The number of aromatic nitrogens is 1. The molecule has 3 rings (SSSR count). The summed E-state index contributed by atoms with van der Waals surface area (Å²) in [6, 6.07) is 5.08. The van der Waals surface area contributed by atoms with Crippen molar-refractivity contribution in [3.63, 3.8) is 0 Å². The topological polar surface area (TPSA) is 77.6 Å². The number of pyridine rings is 1. The first-order valence-electron chi connectivity index (χ1n) is 8.14. The summed E-state index contributed by atoms with van der Waals surface area (Å²) in [4.78, 5) is 27.6. The number of nitrogens with one attached hydrogen (secondary N) is 1. The molecule has 0 saturated carbocycles. The monoisotopic (exact) mass is 331 g/mol. The summed E-state index contributed by atoms with van der Waals surface area (Å²) in [7, 11) is 0. The van der Waals surface area contributed by atoms with Crippen LogP contribution in [0.15, 0.2) is 23.0 Å². The van der Waals surface area contributed by atoms with Gasteiger partial charge in [0.2, 0.25) is 0 Å². The summed E-state index contributed by atoms with van der Waals surface area (Å²) in [6.07, 6.45) is 0.776. The molecule has 1 aromatic heterocycles. The third-order valence-corrected chi connectivity index (χ3v) is 4.23. The predicted octanol–water partition coefficient (Wildman–Crippen LogP) is 2.49. The minimum absolute atomic E-state index is 0.126. The Morgan fingerprint density at radius 2 is 1.96 bits per heavy atom. The second-order valence-electron chi connectivity index (χ2n) is 5.83. The molecule has 2 aromatic rings. The molecule has 0 radical (unpaired) electrons. The van der Waals surface area contributed by atoms with Crippen molar-refractivity contribution in [1.29, 1.82) is 0 Å². The number of fused-ring (bicyclic) bond motifs is 1. The second-order valence-corrected chi connectivity index (χ2v) is 5.83. The Morgan fingerprint density at radius 1 is 1.25 bits per heavy atom. The molecule has 0 spiro atoms. The number of hydrogen-bond donors (Lipinski definition) is 1. The fourth-order valence-electron chi connectivity index (χ4n) is 2.96. The zero-order chi connectivity index (χ0) is 17.3. The Morgan fingerprint density at radius 3 is 2.58 bits per heavy atom. The average molecular weight is 331 g/mol. The van der Waals surface area contributed by atoms with Crippen molar-refractivity contribution in [3.8, 4) is 0 Å². The number of rotatable bonds is 4. The highest BCUT2D eigenvalue weighted by Crippen LogP contribution is 2.35. The van der Waals surface area contributed by atoms with Gasteiger partial charge in [-0.25, -0.2) is 4.79 Å². The zero-order valence-corrected chi connectivity index (χ0v) is 14.1. The van der Waals surface area contributed by atoms with Crippen LogP contribution in [0.4, 0.5) is 0 Å². The quantitative estimate of drug-likeness (QED) is 0.871. The van der Waals surface area contributed by atoms with Gasteiger partial charge in [-0.3, -0.25) is 4.79 Å². The van der Waals surface area contributed by atoms with E-state index in [2.05, 4.69) is 4.98 Å². The zero-order valence-electron chi connectivity index (χ0n) is 14.1. The van der Waals surface area contributed by atoms with E-state index in [4.69, 9.17) is 14.2 Å². The van der Waals surface area contributed by atoms with Crippen molar-refractivity contribution < 1.29 is 19.0 Å². The third kappa shape index (κ3) is 2.83. The van der Waals surface area contributed by atoms with E-state index in [1.807, 2.05) is 26.0 Å². The largest absolute Gasteiger partial charge is 0.461 e. The predicted molar refractivity (Wildman–Crippen MR) is 89.2 cm³/mol. The summed E-state index contributed by atoms with van der Waals surface area (Å²) in [6.45, 7) is 6.77. The first-order valence-corrected chi connectivity index (χ1v) is 8.14. The maximum atomic E-state index is 12.5. The number of esters is 1. The van der Waals surface area contributed by atoms with Crippen LogP contribution in [0.3, 0.4) is 0 Å². The van der Waals surface area contributed by atoms with Crippen LogP contribution in [0.5, 0.6) is 0 Å². The van der Waals surface area contributed by atoms with E-state index in [9.17, 15) is 9.59 Å². The van der Waals surface area contributed by atoms with Crippen molar-refractivity contribution in [2.45, 2.75) is 33.0 Å². The van der Waals surface area contributed by atoms with Crippen LogP contribution in [-0.2, 0) is 26.4 Å². The van der Waals surface area contributed by atoms with Crippen LogP contribution in [0.25, 0.3) is 10.9 Å². The highest BCUT2D eigenvalue weighted by molar-refractivity contribution is 5.92. The molecular weight excluding hydrogens is 310 g/mol. The first kappa shape index (κ1) is 16.7. The van der Waals surface area contributed by atoms with E-state index in [0.29, 0.717) is 24.1 Å². The fourth-order valence-corrected chi connectivity index (χ4v) is 2.96. The van der Waals surface area contributed by atoms with Gasteiger partial charge in [0.05, 0.1) is 25.3 Å². The summed E-state index contributed by atoms with van der Waals surface area (Å²) in [5.41, 5.74) is 2.17. The molecule has 1 aromatic carbocycles. The van der Waals surface area contributed by atoms with Gasteiger partial charge in [-0.2, -0.15) is 0 Å². The van der Waals surface area contributed by atoms with Gasteiger partial charge in [0, 0.05) is 17.0 Å². The van der Waals surface area contributed by atoms with Crippen molar-refractivity contribution in [3.05, 3.63) is 45.2 Å². The molecule has 6 heteroatoms. The SMILES string of the molecule is CCOC(=O)c1cc(=O)c2cc(CC)cc(C3(C)OCCO3)c2[nH]1. The highest BCUT2D eigenvalue weighted by atomic mass is 16.7. The van der Waals surface area contributed by atoms with E-state index in [1.165, 1.54) is 6.07 Å². The van der Waals surface area contributed by atoms with E-state index < -0.39 is 11.8 Å². The molecule has 1 aliphatic rings. The molecule has 1 fully saturated rings. The molecule has 0 aliphatic carbocycles. The summed E-state index contributed by atoms with van der Waals surface area (Å²) < 4.78 is 16.5. The van der Waals surface area contributed by atoms with Crippen LogP contribution >= 0.6 is 0 Å². The molecule has 1 aliphatic heterocycles. The highest BCUT2D eigenvalue weighted by Gasteiger charge is 2.35. The number of carbonyl (C=O) groups is 1. The smallest absolute Gasteiger partial charge is 0.354 e. The van der Waals surface area contributed by atoms with Gasteiger partial charge in [-0.15, -0.1) is 0 Å². The molecule has 128 valence electrons. The van der Waals surface area contributed by atoms with Crippen molar-refractivity contribution in [2.75, 3.05) is 19.8 Å². The fraction of sp³-hybridized carbons (Fsp3) is 0.444. The summed E-state index contributed by atoms with van der Waals surface area (Å²) in [5, 5.41) is 0.512. The Labute approximate surface area is 139 Å². The van der Waals surface area contributed by atoms with Crippen molar-refractivity contribution >= 4 is 16.9 Å². The van der Waals surface area contributed by atoms with Crippen molar-refractivity contribution in [1.82, 2.24) is 4.98 Å².